The van der Waals surface area contributed by atoms with Gasteiger partial charge in [-0.15, -0.1) is 13.2 Å². The quantitative estimate of drug-likeness (QED) is 0.365. The molecule has 0 aliphatic carbocycles. The lowest BCUT2D eigenvalue weighted by atomic mass is 9.70. The minimum absolute atomic E-state index is 0.0632. The molecule has 0 aromatic heterocycles. The number of rotatable bonds is 13. The van der Waals surface area contributed by atoms with Gasteiger partial charge >= 0.3 is 0 Å². The van der Waals surface area contributed by atoms with Gasteiger partial charge in [-0.2, -0.15) is 0 Å². The van der Waals surface area contributed by atoms with Gasteiger partial charge in [0, 0.05) is 25.3 Å². The lowest BCUT2D eigenvalue weighted by Gasteiger charge is -2.41. The summed E-state index contributed by atoms with van der Waals surface area (Å²) < 4.78 is 6.69. The van der Waals surface area contributed by atoms with Crippen molar-refractivity contribution in [3.63, 3.8) is 0 Å². The molecular weight excluding hydrogens is 518 g/mol. The summed E-state index contributed by atoms with van der Waals surface area (Å²) in [6.07, 6.45) is 5.57. The van der Waals surface area contributed by atoms with E-state index in [9.17, 15) is 19.5 Å². The van der Waals surface area contributed by atoms with Crippen molar-refractivity contribution >= 4 is 23.4 Å². The van der Waals surface area contributed by atoms with Crippen molar-refractivity contribution < 1.29 is 24.2 Å². The number of carbonyl (C=O) groups is 3. The number of amides is 3. The number of hydrogen-bond acceptors (Lipinski definition) is 5. The number of nitrogens with zero attached hydrogens (tertiary/aromatic N) is 3. The minimum Gasteiger partial charge on any atom is -0.394 e. The van der Waals surface area contributed by atoms with Gasteiger partial charge < -0.3 is 24.5 Å². The summed E-state index contributed by atoms with van der Waals surface area (Å²) in [6.45, 7) is 18.6. The zero-order chi connectivity index (χ0) is 30.1. The van der Waals surface area contributed by atoms with Gasteiger partial charge in [-0.1, -0.05) is 51.5 Å². The van der Waals surface area contributed by atoms with E-state index in [0.717, 1.165) is 29.7 Å². The summed E-state index contributed by atoms with van der Waals surface area (Å²) in [5.74, 6) is -2.17. The second-order valence-electron chi connectivity index (χ2n) is 12.0. The first kappa shape index (κ1) is 31.0. The van der Waals surface area contributed by atoms with E-state index in [2.05, 4.69) is 13.2 Å². The molecule has 2 unspecified atom stereocenters. The van der Waals surface area contributed by atoms with Gasteiger partial charge in [-0.25, -0.2) is 0 Å². The molecule has 3 fully saturated rings. The van der Waals surface area contributed by atoms with Crippen LogP contribution in [0.15, 0.2) is 43.5 Å². The Balaban J connectivity index is 1.86. The first-order chi connectivity index (χ1) is 19.6. The number of aliphatic hydroxyl groups is 1. The van der Waals surface area contributed by atoms with Gasteiger partial charge in [0.2, 0.25) is 11.8 Å². The SMILES string of the molecule is C=CCN(CCC)C(=O)[C@@H]1[C@@H]2CCC3(O2)C(C(=O)N(CC=C)c2cc(C)ccc2C)N([C@@H](CO)[C@@H](C)CC)C(=O)[C@H]13. The van der Waals surface area contributed by atoms with Gasteiger partial charge in [-0.3, -0.25) is 14.4 Å². The summed E-state index contributed by atoms with van der Waals surface area (Å²) in [5, 5.41) is 10.6. The highest BCUT2D eigenvalue weighted by atomic mass is 16.5. The van der Waals surface area contributed by atoms with Gasteiger partial charge in [-0.05, 0) is 56.2 Å². The predicted molar refractivity (Wildman–Crippen MR) is 160 cm³/mol. The first-order valence-corrected chi connectivity index (χ1v) is 15.1. The Morgan fingerprint density at radius 1 is 1.20 bits per heavy atom. The van der Waals surface area contributed by atoms with Gasteiger partial charge in [0.15, 0.2) is 0 Å². The Morgan fingerprint density at radius 3 is 2.51 bits per heavy atom. The Kier molecular flexibility index (Phi) is 9.44. The highest BCUT2D eigenvalue weighted by molar-refractivity contribution is 6.05. The molecule has 2 bridgehead atoms. The van der Waals surface area contributed by atoms with Crippen LogP contribution in [0.25, 0.3) is 0 Å². The molecule has 3 saturated heterocycles. The van der Waals surface area contributed by atoms with Crippen LogP contribution < -0.4 is 4.90 Å². The largest absolute Gasteiger partial charge is 0.394 e. The third-order valence-corrected chi connectivity index (χ3v) is 9.49. The van der Waals surface area contributed by atoms with Crippen LogP contribution in [0, 0.1) is 31.6 Å². The fourth-order valence-corrected chi connectivity index (χ4v) is 7.35. The Labute approximate surface area is 245 Å². The molecule has 1 aromatic rings. The monoisotopic (exact) mass is 565 g/mol. The van der Waals surface area contributed by atoms with Crippen molar-refractivity contribution in [2.45, 2.75) is 84.1 Å². The summed E-state index contributed by atoms with van der Waals surface area (Å²) in [4.78, 5) is 48.5. The first-order valence-electron chi connectivity index (χ1n) is 15.1. The van der Waals surface area contributed by atoms with E-state index in [-0.39, 0.29) is 36.8 Å². The highest BCUT2D eigenvalue weighted by Gasteiger charge is 2.75. The number of fused-ring (bicyclic) bond motifs is 1. The molecule has 4 rings (SSSR count). The zero-order valence-electron chi connectivity index (χ0n) is 25.3. The van der Waals surface area contributed by atoms with Crippen LogP contribution in [0.2, 0.25) is 0 Å². The van der Waals surface area contributed by atoms with Gasteiger partial charge in [0.1, 0.15) is 11.6 Å². The molecule has 1 aromatic carbocycles. The van der Waals surface area contributed by atoms with Crippen LogP contribution in [-0.2, 0) is 19.1 Å². The van der Waals surface area contributed by atoms with Crippen molar-refractivity contribution in [2.24, 2.45) is 17.8 Å². The van der Waals surface area contributed by atoms with E-state index < -0.39 is 35.6 Å². The van der Waals surface area contributed by atoms with Crippen LogP contribution in [-0.4, -0.2) is 82.7 Å². The Bertz CT molecular complexity index is 1180. The van der Waals surface area contributed by atoms with E-state index in [0.29, 0.717) is 25.9 Å². The molecule has 3 aliphatic rings. The van der Waals surface area contributed by atoms with Crippen molar-refractivity contribution in [3.05, 3.63) is 54.6 Å². The third kappa shape index (κ3) is 5.14. The summed E-state index contributed by atoms with van der Waals surface area (Å²) >= 11 is 0. The molecule has 3 heterocycles. The smallest absolute Gasteiger partial charge is 0.253 e. The standard InChI is InChI=1S/C33H47N3O5/c1-8-16-34(17-9-2)30(38)27-26-14-15-33(41-26)28(27)31(39)36(25(20-37)22(6)11-4)29(33)32(40)35(18-10-3)24-19-21(5)12-13-23(24)7/h8,10,12-13,19,22,25-29,37H,1,3,9,11,14-18,20H2,2,4-7H3/t22-,25-,26-,27+,28-,29?,33?/m0/s1. The predicted octanol–water partition coefficient (Wildman–Crippen LogP) is 4.03. The van der Waals surface area contributed by atoms with Crippen molar-refractivity contribution in [2.75, 3.05) is 31.1 Å². The van der Waals surface area contributed by atoms with Gasteiger partial charge in [0.05, 0.1) is 30.6 Å². The van der Waals surface area contributed by atoms with Crippen LogP contribution in [0.5, 0.6) is 0 Å². The second kappa shape index (κ2) is 12.5. The number of ether oxygens (including phenoxy) is 1. The summed E-state index contributed by atoms with van der Waals surface area (Å²) in [6, 6.07) is 4.42. The lowest BCUT2D eigenvalue weighted by Crippen LogP contribution is -2.60. The molecule has 224 valence electrons. The third-order valence-electron chi connectivity index (χ3n) is 9.49. The number of carbonyl (C=O) groups excluding carboxylic acids is 3. The molecule has 41 heavy (non-hydrogen) atoms. The zero-order valence-corrected chi connectivity index (χ0v) is 25.3. The van der Waals surface area contributed by atoms with Crippen molar-refractivity contribution in [1.82, 2.24) is 9.80 Å². The van der Waals surface area contributed by atoms with Crippen LogP contribution in [0.1, 0.15) is 57.6 Å². The minimum atomic E-state index is -1.14. The van der Waals surface area contributed by atoms with Crippen LogP contribution in [0.3, 0.4) is 0 Å². The van der Waals surface area contributed by atoms with E-state index in [1.54, 1.807) is 26.9 Å². The molecule has 3 aliphatic heterocycles. The number of anilines is 1. The molecule has 1 N–H and O–H groups in total. The summed E-state index contributed by atoms with van der Waals surface area (Å²) in [5.41, 5.74) is 1.56. The number of aryl methyl sites for hydroxylation is 2. The molecule has 8 heteroatoms. The molecule has 0 saturated carbocycles. The Morgan fingerprint density at radius 2 is 1.90 bits per heavy atom. The maximum Gasteiger partial charge on any atom is 0.253 e. The highest BCUT2D eigenvalue weighted by Crippen LogP contribution is 2.59. The fourth-order valence-electron chi connectivity index (χ4n) is 7.35. The van der Waals surface area contributed by atoms with Crippen molar-refractivity contribution in [1.29, 1.82) is 0 Å². The number of likely N-dealkylation sites (tertiary alicyclic amines) is 1. The van der Waals surface area contributed by atoms with Gasteiger partial charge in [0.25, 0.3) is 5.91 Å². The van der Waals surface area contributed by atoms with Crippen LogP contribution in [0.4, 0.5) is 5.69 Å². The van der Waals surface area contributed by atoms with E-state index in [4.69, 9.17) is 4.74 Å². The number of hydrogen-bond donors (Lipinski definition) is 1. The lowest BCUT2D eigenvalue weighted by molar-refractivity contribution is -0.148. The number of benzene rings is 1. The molecule has 0 radical (unpaired) electrons. The normalized spacial score (nSPS) is 27.9. The van der Waals surface area contributed by atoms with E-state index >= 15 is 0 Å². The van der Waals surface area contributed by atoms with Crippen LogP contribution >= 0.6 is 0 Å². The molecular formula is C33H47N3O5. The second-order valence-corrected chi connectivity index (χ2v) is 12.0. The van der Waals surface area contributed by atoms with Crippen molar-refractivity contribution in [3.8, 4) is 0 Å². The molecule has 3 amide bonds. The Hall–Kier alpha value is -2.97. The van der Waals surface area contributed by atoms with E-state index in [1.807, 2.05) is 52.8 Å². The van der Waals surface area contributed by atoms with E-state index in [1.165, 1.54) is 0 Å². The average Bonchev–Trinajstić information content (AvgIpc) is 3.60. The topological polar surface area (TPSA) is 90.4 Å². The number of aliphatic hydroxyl groups excluding tert-OH is 1. The molecule has 8 nitrogen and oxygen atoms in total. The average molecular weight is 566 g/mol. The maximum atomic E-state index is 14.8. The maximum absolute atomic E-state index is 14.8. The fraction of sp³-hybridized carbons (Fsp3) is 0.606. The molecule has 7 atom stereocenters. The summed E-state index contributed by atoms with van der Waals surface area (Å²) in [7, 11) is 0. The molecule has 1 spiro atoms.